The molecule has 1 aromatic rings. The molecule has 0 atom stereocenters. The zero-order valence-corrected chi connectivity index (χ0v) is 9.85. The van der Waals surface area contributed by atoms with Gasteiger partial charge in [0.25, 0.3) is 0 Å². The third kappa shape index (κ3) is 1.69. The van der Waals surface area contributed by atoms with E-state index in [1.165, 1.54) is 32.4 Å². The number of ether oxygens (including phenoxy) is 2. The van der Waals surface area contributed by atoms with Crippen molar-refractivity contribution >= 4 is 17.5 Å². The van der Waals surface area contributed by atoms with Crippen molar-refractivity contribution in [3.63, 3.8) is 0 Å². The Morgan fingerprint density at radius 2 is 1.89 bits per heavy atom. The summed E-state index contributed by atoms with van der Waals surface area (Å²) in [5.41, 5.74) is 0.286. The average molecular weight is 246 g/mol. The van der Waals surface area contributed by atoms with E-state index in [0.29, 0.717) is 0 Å². The van der Waals surface area contributed by atoms with Crippen LogP contribution in [0.25, 0.3) is 0 Å². The summed E-state index contributed by atoms with van der Waals surface area (Å²) in [4.78, 5) is 35.5. The van der Waals surface area contributed by atoms with Gasteiger partial charge in [0.05, 0.1) is 25.3 Å². The number of ketones is 2. The van der Waals surface area contributed by atoms with Crippen molar-refractivity contribution in [1.82, 2.24) is 0 Å². The number of hydrogen-bond acceptors (Lipinski definition) is 5. The first-order valence-electron chi connectivity index (χ1n) is 5.16. The van der Waals surface area contributed by atoms with Gasteiger partial charge in [-0.3, -0.25) is 9.59 Å². The number of hydrogen-bond donors (Lipinski definition) is 0. The molecule has 2 rings (SSSR count). The summed E-state index contributed by atoms with van der Waals surface area (Å²) in [6.07, 6.45) is 1.12. The van der Waals surface area contributed by atoms with E-state index in [4.69, 9.17) is 4.74 Å². The van der Waals surface area contributed by atoms with Crippen LogP contribution in [0.4, 0.5) is 0 Å². The topological polar surface area (TPSA) is 69.7 Å². The molecule has 5 heteroatoms. The lowest BCUT2D eigenvalue weighted by atomic mass is 9.89. The molecule has 5 nitrogen and oxygen atoms in total. The van der Waals surface area contributed by atoms with Crippen LogP contribution in [0.15, 0.2) is 30.0 Å². The Morgan fingerprint density at radius 3 is 2.50 bits per heavy atom. The Morgan fingerprint density at radius 1 is 1.17 bits per heavy atom. The van der Waals surface area contributed by atoms with E-state index in [1.807, 2.05) is 0 Å². The molecular formula is C13H10O5. The minimum atomic E-state index is -0.662. The zero-order valence-electron chi connectivity index (χ0n) is 9.85. The standard InChI is InChI=1S/C13H10O5/c1-17-10-6-9(14)7-4-3-5-8(13(16)18-2)11(7)12(10)15/h3-6H,1-2H3. The second kappa shape index (κ2) is 4.44. The molecule has 0 fully saturated rings. The van der Waals surface area contributed by atoms with Crippen LogP contribution in [0.3, 0.4) is 0 Å². The number of fused-ring (bicyclic) bond motifs is 1. The van der Waals surface area contributed by atoms with E-state index in [-0.39, 0.29) is 28.2 Å². The van der Waals surface area contributed by atoms with Gasteiger partial charge in [0.2, 0.25) is 5.78 Å². The predicted molar refractivity (Wildman–Crippen MR) is 61.5 cm³/mol. The predicted octanol–water partition coefficient (Wildman–Crippen LogP) is 1.38. The summed E-state index contributed by atoms with van der Waals surface area (Å²) in [6, 6.07) is 4.46. The van der Waals surface area contributed by atoms with Gasteiger partial charge in [-0.15, -0.1) is 0 Å². The SMILES string of the molecule is COC(=O)c1cccc2c1C(=O)C(OC)=CC2=O. The first-order valence-corrected chi connectivity index (χ1v) is 5.16. The van der Waals surface area contributed by atoms with Crippen LogP contribution in [0.1, 0.15) is 31.1 Å². The molecule has 92 valence electrons. The number of allylic oxidation sites excluding steroid dienone is 2. The number of benzene rings is 1. The lowest BCUT2D eigenvalue weighted by molar-refractivity contribution is 0.0596. The summed E-state index contributed by atoms with van der Waals surface area (Å²) in [7, 11) is 2.51. The van der Waals surface area contributed by atoms with Gasteiger partial charge in [-0.05, 0) is 6.07 Å². The summed E-state index contributed by atoms with van der Waals surface area (Å²) < 4.78 is 9.43. The Balaban J connectivity index is 2.68. The van der Waals surface area contributed by atoms with Crippen molar-refractivity contribution in [2.45, 2.75) is 0 Å². The Bertz CT molecular complexity index is 583. The number of Topliss-reactive ketones (excluding diaryl/α,β-unsaturated/α-hetero) is 1. The summed E-state index contributed by atoms with van der Waals surface area (Å²) >= 11 is 0. The van der Waals surface area contributed by atoms with Crippen LogP contribution in [0, 0.1) is 0 Å². The monoisotopic (exact) mass is 246 g/mol. The second-order valence-corrected chi connectivity index (χ2v) is 3.63. The molecule has 0 saturated heterocycles. The Kier molecular flexibility index (Phi) is 2.97. The van der Waals surface area contributed by atoms with Crippen LogP contribution in [0.2, 0.25) is 0 Å². The van der Waals surface area contributed by atoms with E-state index in [9.17, 15) is 14.4 Å². The molecule has 0 unspecified atom stereocenters. The molecule has 0 saturated carbocycles. The van der Waals surface area contributed by atoms with E-state index in [2.05, 4.69) is 4.74 Å². The maximum absolute atomic E-state index is 12.1. The number of rotatable bonds is 2. The third-order valence-corrected chi connectivity index (χ3v) is 2.67. The highest BCUT2D eigenvalue weighted by molar-refractivity contribution is 6.26. The quantitative estimate of drug-likeness (QED) is 0.737. The molecule has 18 heavy (non-hydrogen) atoms. The van der Waals surface area contributed by atoms with Crippen molar-refractivity contribution in [2.75, 3.05) is 14.2 Å². The highest BCUT2D eigenvalue weighted by Crippen LogP contribution is 2.25. The number of methoxy groups -OCH3 is 2. The minimum absolute atomic E-state index is 0.0358. The van der Waals surface area contributed by atoms with E-state index in [1.54, 1.807) is 0 Å². The Labute approximate surface area is 103 Å². The summed E-state index contributed by atoms with van der Waals surface area (Å²) in [6.45, 7) is 0. The van der Waals surface area contributed by atoms with E-state index >= 15 is 0 Å². The van der Waals surface area contributed by atoms with Crippen molar-refractivity contribution in [3.8, 4) is 0 Å². The maximum Gasteiger partial charge on any atom is 0.338 e. The molecular weight excluding hydrogens is 236 g/mol. The van der Waals surface area contributed by atoms with E-state index in [0.717, 1.165) is 6.08 Å². The van der Waals surface area contributed by atoms with Crippen LogP contribution < -0.4 is 0 Å². The van der Waals surface area contributed by atoms with Crippen molar-refractivity contribution < 1.29 is 23.9 Å². The van der Waals surface area contributed by atoms with Crippen LogP contribution in [-0.2, 0) is 9.47 Å². The van der Waals surface area contributed by atoms with E-state index < -0.39 is 11.8 Å². The fourth-order valence-electron chi connectivity index (χ4n) is 1.82. The average Bonchev–Trinajstić information content (AvgIpc) is 2.41. The minimum Gasteiger partial charge on any atom is -0.492 e. The maximum atomic E-state index is 12.1. The molecule has 0 amide bonds. The highest BCUT2D eigenvalue weighted by Gasteiger charge is 2.31. The highest BCUT2D eigenvalue weighted by atomic mass is 16.5. The first kappa shape index (κ1) is 12.0. The molecule has 0 N–H and O–H groups in total. The third-order valence-electron chi connectivity index (χ3n) is 2.67. The number of esters is 1. The smallest absolute Gasteiger partial charge is 0.338 e. The van der Waals surface area contributed by atoms with Gasteiger partial charge in [0.15, 0.2) is 11.5 Å². The fraction of sp³-hybridized carbons (Fsp3) is 0.154. The molecule has 0 radical (unpaired) electrons. The van der Waals surface area contributed by atoms with Crippen LogP contribution in [0.5, 0.6) is 0 Å². The second-order valence-electron chi connectivity index (χ2n) is 3.63. The van der Waals surface area contributed by atoms with Crippen LogP contribution in [-0.4, -0.2) is 31.8 Å². The van der Waals surface area contributed by atoms with Gasteiger partial charge in [-0.25, -0.2) is 4.79 Å². The first-order chi connectivity index (χ1) is 8.60. The zero-order chi connectivity index (χ0) is 13.3. The molecule has 0 aromatic heterocycles. The van der Waals surface area contributed by atoms with Gasteiger partial charge < -0.3 is 9.47 Å². The van der Waals surface area contributed by atoms with Crippen molar-refractivity contribution in [2.24, 2.45) is 0 Å². The Hall–Kier alpha value is -2.43. The van der Waals surface area contributed by atoms with Crippen LogP contribution >= 0.6 is 0 Å². The van der Waals surface area contributed by atoms with Gasteiger partial charge >= 0.3 is 5.97 Å². The largest absolute Gasteiger partial charge is 0.492 e. The molecule has 0 aliphatic heterocycles. The van der Waals surface area contributed by atoms with Gasteiger partial charge in [-0.1, -0.05) is 12.1 Å². The fourth-order valence-corrected chi connectivity index (χ4v) is 1.82. The lowest BCUT2D eigenvalue weighted by Gasteiger charge is -2.16. The molecule has 0 bridgehead atoms. The molecule has 1 aromatic carbocycles. The molecule has 0 heterocycles. The van der Waals surface area contributed by atoms with Crippen molar-refractivity contribution in [1.29, 1.82) is 0 Å². The van der Waals surface area contributed by atoms with Gasteiger partial charge in [0.1, 0.15) is 0 Å². The van der Waals surface area contributed by atoms with Crippen molar-refractivity contribution in [3.05, 3.63) is 46.7 Å². The number of carbonyl (C=O) groups excluding carboxylic acids is 3. The molecule has 1 aliphatic rings. The molecule has 1 aliphatic carbocycles. The normalized spacial score (nSPS) is 13.8. The van der Waals surface area contributed by atoms with Gasteiger partial charge in [0, 0.05) is 11.6 Å². The molecule has 0 spiro atoms. The summed E-state index contributed by atoms with van der Waals surface area (Å²) in [5, 5.41) is 0. The number of carbonyl (C=O) groups is 3. The van der Waals surface area contributed by atoms with Gasteiger partial charge in [-0.2, -0.15) is 0 Å². The summed E-state index contributed by atoms with van der Waals surface area (Å²) in [5.74, 6) is -1.60. The lowest BCUT2D eigenvalue weighted by Crippen LogP contribution is -2.22.